The number of hydrogen-bond acceptors (Lipinski definition) is 4. The maximum atomic E-state index is 13.5. The molecule has 0 radical (unpaired) electrons. The van der Waals surface area contributed by atoms with E-state index >= 15 is 0 Å². The van der Waals surface area contributed by atoms with E-state index in [9.17, 15) is 9.59 Å². The highest BCUT2D eigenvalue weighted by atomic mass is 35.5. The van der Waals surface area contributed by atoms with E-state index in [1.807, 2.05) is 47.4 Å². The van der Waals surface area contributed by atoms with E-state index in [4.69, 9.17) is 11.6 Å². The number of allylic oxidation sites excluding steroid dienone is 1. The Morgan fingerprint density at radius 3 is 2.45 bits per heavy atom. The van der Waals surface area contributed by atoms with Crippen molar-refractivity contribution >= 4 is 35.2 Å². The van der Waals surface area contributed by atoms with Crippen LogP contribution in [0.15, 0.2) is 90.1 Å². The molecule has 3 heterocycles. The Kier molecular flexibility index (Phi) is 9.79. The highest BCUT2D eigenvalue weighted by Crippen LogP contribution is 2.29. The van der Waals surface area contributed by atoms with Gasteiger partial charge in [0.25, 0.3) is 0 Å². The Bertz CT molecular complexity index is 1540. The molecule has 6 rings (SSSR count). The lowest BCUT2D eigenvalue weighted by Crippen LogP contribution is -2.47. The molecule has 6 nitrogen and oxygen atoms in total. The van der Waals surface area contributed by atoms with E-state index in [1.165, 1.54) is 28.0 Å². The molecule has 2 fully saturated rings. The van der Waals surface area contributed by atoms with Gasteiger partial charge in [0.15, 0.2) is 0 Å². The fraction of sp³-hybridized carbons (Fsp3) is 0.351. The Balaban J connectivity index is 1.15. The number of rotatable bonds is 7. The average molecular weight is 609 g/mol. The van der Waals surface area contributed by atoms with Crippen molar-refractivity contribution in [3.05, 3.63) is 117 Å². The number of anilines is 1. The highest BCUT2D eigenvalue weighted by molar-refractivity contribution is 6.30. The Morgan fingerprint density at radius 2 is 1.64 bits per heavy atom. The summed E-state index contributed by atoms with van der Waals surface area (Å²) in [5, 5.41) is 7.33. The lowest BCUT2D eigenvalue weighted by atomic mass is 9.95. The smallest absolute Gasteiger partial charge is 0.241 e. The standard InChI is InChI=1S/C37H41ClN4O2/c38-32-15-13-27(14-16-32)22-33(40-37(44)34-24-29-8-3-4-9-30(29)25-39-34)23-28-17-20-41(21-18-28)35-11-6-5-10-31(35)26-42-19-7-1-2-12-36(42)43/h3-6,8-11,13-16,22-23,34,39H,1-2,7,12,17-21,24-26H2,(H,40,44)/b33-22-/t34-/m1/s1. The fourth-order valence-corrected chi connectivity index (χ4v) is 6.61. The molecule has 3 aliphatic rings. The Morgan fingerprint density at radius 1 is 0.886 bits per heavy atom. The summed E-state index contributed by atoms with van der Waals surface area (Å²) in [6, 6.07) is 24.2. The molecule has 3 aromatic rings. The third-order valence-electron chi connectivity index (χ3n) is 8.99. The fourth-order valence-electron chi connectivity index (χ4n) is 6.48. The van der Waals surface area contributed by atoms with Crippen LogP contribution in [0.3, 0.4) is 0 Å². The quantitative estimate of drug-likeness (QED) is 0.316. The second kappa shape index (κ2) is 14.3. The van der Waals surface area contributed by atoms with Crippen LogP contribution >= 0.6 is 11.6 Å². The molecule has 0 aromatic heterocycles. The van der Waals surface area contributed by atoms with Gasteiger partial charge in [-0.2, -0.15) is 0 Å². The molecule has 2 N–H and O–H groups in total. The lowest BCUT2D eigenvalue weighted by molar-refractivity contribution is -0.131. The van der Waals surface area contributed by atoms with Gasteiger partial charge in [0.2, 0.25) is 11.8 Å². The minimum absolute atomic E-state index is 0.0222. The lowest BCUT2D eigenvalue weighted by Gasteiger charge is -2.33. The number of halogens is 1. The van der Waals surface area contributed by atoms with E-state index < -0.39 is 0 Å². The van der Waals surface area contributed by atoms with Crippen LogP contribution in [0.25, 0.3) is 6.08 Å². The summed E-state index contributed by atoms with van der Waals surface area (Å²) in [4.78, 5) is 30.7. The zero-order chi connectivity index (χ0) is 30.3. The van der Waals surface area contributed by atoms with Gasteiger partial charge in [0, 0.05) is 55.6 Å². The third kappa shape index (κ3) is 7.61. The molecule has 228 valence electrons. The molecule has 0 saturated carbocycles. The van der Waals surface area contributed by atoms with E-state index in [1.54, 1.807) is 0 Å². The molecule has 0 unspecified atom stereocenters. The number of carbonyl (C=O) groups is 2. The summed E-state index contributed by atoms with van der Waals surface area (Å²) in [6.45, 7) is 3.99. The summed E-state index contributed by atoms with van der Waals surface area (Å²) in [5.74, 6) is 0.252. The number of para-hydroxylation sites is 1. The topological polar surface area (TPSA) is 64.7 Å². The van der Waals surface area contributed by atoms with E-state index in [0.717, 1.165) is 63.0 Å². The molecule has 44 heavy (non-hydrogen) atoms. The van der Waals surface area contributed by atoms with Crippen molar-refractivity contribution < 1.29 is 9.59 Å². The number of nitrogens with zero attached hydrogens (tertiary/aromatic N) is 2. The first kappa shape index (κ1) is 30.2. The van der Waals surface area contributed by atoms with Gasteiger partial charge in [-0.3, -0.25) is 9.59 Å². The predicted octanol–water partition coefficient (Wildman–Crippen LogP) is 6.64. The largest absolute Gasteiger partial charge is 0.371 e. The summed E-state index contributed by atoms with van der Waals surface area (Å²) in [6.07, 6.45) is 10.5. The average Bonchev–Trinajstić information content (AvgIpc) is 3.26. The molecule has 2 saturated heterocycles. The van der Waals surface area contributed by atoms with Crippen molar-refractivity contribution in [3.8, 4) is 0 Å². The van der Waals surface area contributed by atoms with E-state index in [0.29, 0.717) is 31.0 Å². The van der Waals surface area contributed by atoms with Crippen molar-refractivity contribution in [3.63, 3.8) is 0 Å². The van der Waals surface area contributed by atoms with Crippen molar-refractivity contribution in [2.45, 2.75) is 64.1 Å². The van der Waals surface area contributed by atoms with Gasteiger partial charge in [-0.05, 0) is 84.7 Å². The van der Waals surface area contributed by atoms with Crippen LogP contribution in [0.2, 0.25) is 5.02 Å². The van der Waals surface area contributed by atoms with Gasteiger partial charge < -0.3 is 20.4 Å². The van der Waals surface area contributed by atoms with Gasteiger partial charge in [0.1, 0.15) is 0 Å². The van der Waals surface area contributed by atoms with Crippen molar-refractivity contribution in [2.24, 2.45) is 0 Å². The van der Waals surface area contributed by atoms with Gasteiger partial charge in [-0.15, -0.1) is 0 Å². The predicted molar refractivity (Wildman–Crippen MR) is 178 cm³/mol. The molecule has 2 amide bonds. The molecule has 0 bridgehead atoms. The highest BCUT2D eigenvalue weighted by Gasteiger charge is 2.25. The maximum absolute atomic E-state index is 13.5. The van der Waals surface area contributed by atoms with Crippen LogP contribution < -0.4 is 15.5 Å². The Hall–Kier alpha value is -3.87. The van der Waals surface area contributed by atoms with Gasteiger partial charge in [-0.25, -0.2) is 0 Å². The second-order valence-corrected chi connectivity index (χ2v) is 12.5. The number of likely N-dealkylation sites (tertiary alicyclic amines) is 1. The van der Waals surface area contributed by atoms with E-state index in [2.05, 4.69) is 58.0 Å². The normalized spacial score (nSPS) is 19.3. The number of nitrogens with one attached hydrogen (secondary N) is 2. The minimum Gasteiger partial charge on any atom is -0.371 e. The summed E-state index contributed by atoms with van der Waals surface area (Å²) < 4.78 is 0. The monoisotopic (exact) mass is 608 g/mol. The van der Waals surface area contributed by atoms with Crippen LogP contribution in [0.1, 0.15) is 60.8 Å². The van der Waals surface area contributed by atoms with Crippen molar-refractivity contribution in [1.29, 1.82) is 0 Å². The summed E-state index contributed by atoms with van der Waals surface area (Å²) >= 11 is 6.14. The molecule has 3 aliphatic heterocycles. The minimum atomic E-state index is -0.286. The number of benzene rings is 3. The molecule has 7 heteroatoms. The zero-order valence-corrected chi connectivity index (χ0v) is 26.0. The van der Waals surface area contributed by atoms with Crippen LogP contribution in [-0.2, 0) is 29.1 Å². The molecule has 0 aliphatic carbocycles. The van der Waals surface area contributed by atoms with Crippen LogP contribution in [-0.4, -0.2) is 42.4 Å². The second-order valence-electron chi connectivity index (χ2n) is 12.1. The van der Waals surface area contributed by atoms with Gasteiger partial charge in [-0.1, -0.05) is 78.2 Å². The van der Waals surface area contributed by atoms with Crippen LogP contribution in [0.5, 0.6) is 0 Å². The first-order valence-electron chi connectivity index (χ1n) is 15.9. The summed E-state index contributed by atoms with van der Waals surface area (Å²) in [7, 11) is 0. The SMILES string of the molecule is O=C(N/C(C=C1CCN(c2ccccc2CN2CCCCCC2=O)CC1)=C\c1ccc(Cl)cc1)[C@H]1Cc2ccccc2CN1. The zero-order valence-electron chi connectivity index (χ0n) is 25.2. The first-order chi connectivity index (χ1) is 21.5. The first-order valence-corrected chi connectivity index (χ1v) is 16.3. The molecule has 0 spiro atoms. The maximum Gasteiger partial charge on any atom is 0.241 e. The number of amides is 2. The van der Waals surface area contributed by atoms with Crippen molar-refractivity contribution in [2.75, 3.05) is 24.5 Å². The number of piperidine rings is 1. The molecular formula is C37H41ClN4O2. The van der Waals surface area contributed by atoms with E-state index in [-0.39, 0.29) is 17.9 Å². The van der Waals surface area contributed by atoms with Gasteiger partial charge in [0.05, 0.1) is 6.04 Å². The molecular weight excluding hydrogens is 568 g/mol. The van der Waals surface area contributed by atoms with Crippen LogP contribution in [0.4, 0.5) is 5.69 Å². The number of carbonyl (C=O) groups excluding carboxylic acids is 2. The summed E-state index contributed by atoms with van der Waals surface area (Å²) in [5.41, 5.74) is 8.00. The third-order valence-corrected chi connectivity index (χ3v) is 9.24. The van der Waals surface area contributed by atoms with Gasteiger partial charge >= 0.3 is 0 Å². The van der Waals surface area contributed by atoms with Crippen molar-refractivity contribution in [1.82, 2.24) is 15.5 Å². The Labute approximate surface area is 265 Å². The molecule has 3 aromatic carbocycles. The number of hydrogen-bond donors (Lipinski definition) is 2. The number of fused-ring (bicyclic) bond motifs is 1. The van der Waals surface area contributed by atoms with Crippen LogP contribution in [0, 0.1) is 0 Å². The molecule has 1 atom stereocenters.